The van der Waals surface area contributed by atoms with E-state index in [4.69, 9.17) is 0 Å². The molecule has 4 heteroatoms. The molecule has 4 nitrogen and oxygen atoms in total. The van der Waals surface area contributed by atoms with Crippen molar-refractivity contribution in [2.75, 3.05) is 20.1 Å². The molecule has 0 aromatic heterocycles. The first-order chi connectivity index (χ1) is 13.1. The molecule has 4 rings (SSSR count). The number of piperidine rings is 2. The highest BCUT2D eigenvalue weighted by atomic mass is 16.2. The molecule has 3 heterocycles. The van der Waals surface area contributed by atoms with Crippen LogP contribution in [0.1, 0.15) is 51.0 Å². The Morgan fingerprint density at radius 1 is 1.11 bits per heavy atom. The molecule has 1 aromatic carbocycles. The van der Waals surface area contributed by atoms with Crippen molar-refractivity contribution >= 4 is 5.91 Å². The molecule has 3 aliphatic heterocycles. The van der Waals surface area contributed by atoms with Crippen LogP contribution in [-0.4, -0.2) is 60.0 Å². The first-order valence-electron chi connectivity index (χ1n) is 10.9. The fourth-order valence-corrected chi connectivity index (χ4v) is 5.47. The second-order valence-electron chi connectivity index (χ2n) is 9.06. The molecular weight excluding hydrogens is 334 g/mol. The van der Waals surface area contributed by atoms with Gasteiger partial charge in [-0.25, -0.2) is 0 Å². The van der Waals surface area contributed by atoms with Crippen molar-refractivity contribution in [3.05, 3.63) is 35.9 Å². The van der Waals surface area contributed by atoms with E-state index in [1.165, 1.54) is 37.7 Å². The van der Waals surface area contributed by atoms with Crippen molar-refractivity contribution in [3.63, 3.8) is 0 Å². The van der Waals surface area contributed by atoms with Crippen molar-refractivity contribution in [1.82, 2.24) is 15.1 Å². The molecule has 0 spiro atoms. The van der Waals surface area contributed by atoms with Gasteiger partial charge in [0.2, 0.25) is 5.91 Å². The average Bonchev–Trinajstić information content (AvgIpc) is 3.05. The number of hydrogen-bond acceptors (Lipinski definition) is 3. The van der Waals surface area contributed by atoms with Crippen molar-refractivity contribution in [2.45, 2.75) is 76.0 Å². The van der Waals surface area contributed by atoms with Crippen LogP contribution in [0.3, 0.4) is 0 Å². The van der Waals surface area contributed by atoms with E-state index in [2.05, 4.69) is 52.4 Å². The second kappa shape index (κ2) is 8.32. The Labute approximate surface area is 164 Å². The van der Waals surface area contributed by atoms with Crippen LogP contribution in [0.25, 0.3) is 0 Å². The summed E-state index contributed by atoms with van der Waals surface area (Å²) in [6, 6.07) is 12.5. The minimum atomic E-state index is 0.0141. The molecule has 3 saturated heterocycles. The van der Waals surface area contributed by atoms with Gasteiger partial charge >= 0.3 is 0 Å². The summed E-state index contributed by atoms with van der Waals surface area (Å²) in [5, 5.41) is 3.68. The summed E-state index contributed by atoms with van der Waals surface area (Å²) in [5.74, 6) is 1.08. The van der Waals surface area contributed by atoms with E-state index >= 15 is 0 Å². The third-order valence-electron chi connectivity index (χ3n) is 7.26. The predicted octanol–water partition coefficient (Wildman–Crippen LogP) is 3.07. The molecule has 1 amide bonds. The average molecular weight is 370 g/mol. The zero-order valence-electron chi connectivity index (χ0n) is 16.9. The summed E-state index contributed by atoms with van der Waals surface area (Å²) >= 11 is 0. The van der Waals surface area contributed by atoms with Crippen LogP contribution in [0.4, 0.5) is 0 Å². The molecule has 3 fully saturated rings. The van der Waals surface area contributed by atoms with Gasteiger partial charge in [-0.2, -0.15) is 0 Å². The van der Waals surface area contributed by atoms with Crippen LogP contribution in [0, 0.1) is 5.92 Å². The Balaban J connectivity index is 1.27. The van der Waals surface area contributed by atoms with E-state index in [0.717, 1.165) is 31.8 Å². The lowest BCUT2D eigenvalue weighted by Gasteiger charge is -2.40. The SMILES string of the molecule is CC(C(=O)N(C)C1CC2CCC(C1)N2)N1CCC(Cc2ccccc2)CC1. The lowest BCUT2D eigenvalue weighted by atomic mass is 9.89. The van der Waals surface area contributed by atoms with E-state index in [0.29, 0.717) is 24.0 Å². The molecule has 3 aliphatic rings. The van der Waals surface area contributed by atoms with Gasteiger partial charge in [-0.05, 0) is 76.4 Å². The summed E-state index contributed by atoms with van der Waals surface area (Å²) in [7, 11) is 2.04. The monoisotopic (exact) mass is 369 g/mol. The standard InChI is InChI=1S/C23H35N3O/c1-17(23(27)25(2)22-15-20-8-9-21(16-22)24-20)26-12-10-19(11-13-26)14-18-6-4-3-5-7-18/h3-7,17,19-22,24H,8-16H2,1-2H3. The van der Waals surface area contributed by atoms with Crippen molar-refractivity contribution < 1.29 is 4.79 Å². The minimum absolute atomic E-state index is 0.0141. The molecule has 3 unspecified atom stereocenters. The van der Waals surface area contributed by atoms with Crippen LogP contribution < -0.4 is 5.32 Å². The number of benzene rings is 1. The zero-order chi connectivity index (χ0) is 18.8. The number of amides is 1. The maximum atomic E-state index is 13.1. The number of likely N-dealkylation sites (N-methyl/N-ethyl adjacent to an activating group) is 1. The van der Waals surface area contributed by atoms with Gasteiger partial charge in [-0.3, -0.25) is 9.69 Å². The molecule has 0 aliphatic carbocycles. The molecule has 1 N–H and O–H groups in total. The molecule has 1 aromatic rings. The summed E-state index contributed by atoms with van der Waals surface area (Å²) in [5.41, 5.74) is 1.44. The van der Waals surface area contributed by atoms with E-state index < -0.39 is 0 Å². The first-order valence-corrected chi connectivity index (χ1v) is 10.9. The maximum Gasteiger partial charge on any atom is 0.239 e. The fraction of sp³-hybridized carbons (Fsp3) is 0.696. The quantitative estimate of drug-likeness (QED) is 0.866. The minimum Gasteiger partial charge on any atom is -0.341 e. The van der Waals surface area contributed by atoms with Gasteiger partial charge in [-0.15, -0.1) is 0 Å². The van der Waals surface area contributed by atoms with Crippen LogP contribution in [0.2, 0.25) is 0 Å². The van der Waals surface area contributed by atoms with Crippen LogP contribution >= 0.6 is 0 Å². The van der Waals surface area contributed by atoms with Crippen molar-refractivity contribution in [1.29, 1.82) is 0 Å². The molecule has 3 atom stereocenters. The van der Waals surface area contributed by atoms with Gasteiger partial charge in [0.15, 0.2) is 0 Å². The second-order valence-corrected chi connectivity index (χ2v) is 9.06. The molecule has 2 bridgehead atoms. The largest absolute Gasteiger partial charge is 0.341 e. The predicted molar refractivity (Wildman–Crippen MR) is 110 cm³/mol. The summed E-state index contributed by atoms with van der Waals surface area (Å²) in [4.78, 5) is 17.6. The van der Waals surface area contributed by atoms with Gasteiger partial charge in [0.25, 0.3) is 0 Å². The topological polar surface area (TPSA) is 35.6 Å². The smallest absolute Gasteiger partial charge is 0.239 e. The Hall–Kier alpha value is -1.39. The highest BCUT2D eigenvalue weighted by Crippen LogP contribution is 2.30. The number of fused-ring (bicyclic) bond motifs is 2. The zero-order valence-corrected chi connectivity index (χ0v) is 16.9. The number of hydrogen-bond donors (Lipinski definition) is 1. The molecule has 0 saturated carbocycles. The maximum absolute atomic E-state index is 13.1. The number of nitrogens with one attached hydrogen (secondary N) is 1. The third kappa shape index (κ3) is 4.38. The summed E-state index contributed by atoms with van der Waals surface area (Å²) < 4.78 is 0. The summed E-state index contributed by atoms with van der Waals surface area (Å²) in [6.07, 6.45) is 8.41. The van der Waals surface area contributed by atoms with Gasteiger partial charge in [-0.1, -0.05) is 30.3 Å². The van der Waals surface area contributed by atoms with Gasteiger partial charge in [0.05, 0.1) is 6.04 Å². The third-order valence-corrected chi connectivity index (χ3v) is 7.26. The van der Waals surface area contributed by atoms with E-state index in [9.17, 15) is 4.79 Å². The number of nitrogens with zero attached hydrogens (tertiary/aromatic N) is 2. The van der Waals surface area contributed by atoms with Crippen LogP contribution in [0.5, 0.6) is 0 Å². The van der Waals surface area contributed by atoms with E-state index in [1.807, 2.05) is 7.05 Å². The molecule has 27 heavy (non-hydrogen) atoms. The number of carbonyl (C=O) groups is 1. The van der Waals surface area contributed by atoms with Crippen molar-refractivity contribution in [3.8, 4) is 0 Å². The first kappa shape index (κ1) is 18.9. The van der Waals surface area contributed by atoms with Gasteiger partial charge in [0.1, 0.15) is 0 Å². The number of carbonyl (C=O) groups excluding carboxylic acids is 1. The fourth-order valence-electron chi connectivity index (χ4n) is 5.47. The van der Waals surface area contributed by atoms with E-state index in [1.54, 1.807) is 0 Å². The van der Waals surface area contributed by atoms with Crippen LogP contribution in [0.15, 0.2) is 30.3 Å². The summed E-state index contributed by atoms with van der Waals surface area (Å²) in [6.45, 7) is 4.22. The lowest BCUT2D eigenvalue weighted by Crippen LogP contribution is -2.54. The Bertz CT molecular complexity index is 614. The number of likely N-dealkylation sites (tertiary alicyclic amines) is 1. The lowest BCUT2D eigenvalue weighted by molar-refractivity contribution is -0.138. The molecule has 0 radical (unpaired) electrons. The Morgan fingerprint density at radius 2 is 1.74 bits per heavy atom. The molecular formula is C23H35N3O. The normalized spacial score (nSPS) is 30.2. The van der Waals surface area contributed by atoms with Gasteiger partial charge < -0.3 is 10.2 Å². The van der Waals surface area contributed by atoms with Crippen LogP contribution in [-0.2, 0) is 11.2 Å². The van der Waals surface area contributed by atoms with E-state index in [-0.39, 0.29) is 6.04 Å². The Morgan fingerprint density at radius 3 is 2.37 bits per heavy atom. The highest BCUT2D eigenvalue weighted by Gasteiger charge is 2.38. The Kier molecular flexibility index (Phi) is 5.84. The highest BCUT2D eigenvalue weighted by molar-refractivity contribution is 5.81. The van der Waals surface area contributed by atoms with Crippen molar-refractivity contribution in [2.24, 2.45) is 5.92 Å². The molecule has 148 valence electrons. The number of rotatable bonds is 5. The van der Waals surface area contributed by atoms with Gasteiger partial charge in [0, 0.05) is 25.2 Å².